The van der Waals surface area contributed by atoms with Gasteiger partial charge in [-0.25, -0.2) is 14.4 Å². The molecule has 0 amide bonds. The summed E-state index contributed by atoms with van der Waals surface area (Å²) in [5.41, 5.74) is -0.303. The first-order valence-corrected chi connectivity index (χ1v) is 14.3. The predicted molar refractivity (Wildman–Crippen MR) is 144 cm³/mol. The summed E-state index contributed by atoms with van der Waals surface area (Å²) in [6, 6.07) is 3.76. The number of rotatable bonds is 11. The topological polar surface area (TPSA) is 212 Å². The van der Waals surface area contributed by atoms with Crippen LogP contribution >= 0.6 is 0 Å². The number of hydrogen-bond donors (Lipinski definition) is 4. The van der Waals surface area contributed by atoms with Gasteiger partial charge in [0, 0.05) is 5.56 Å². The average Bonchev–Trinajstić information content (AvgIpc) is 3.31. The average molecular weight is 619 g/mol. The molecule has 1 saturated carbocycles. The van der Waals surface area contributed by atoms with Crippen molar-refractivity contribution in [2.24, 2.45) is 11.8 Å². The summed E-state index contributed by atoms with van der Waals surface area (Å²) in [5.74, 6) is -5.90. The van der Waals surface area contributed by atoms with Crippen LogP contribution in [0.1, 0.15) is 57.1 Å². The van der Waals surface area contributed by atoms with Crippen LogP contribution in [-0.2, 0) is 50.0 Å². The van der Waals surface area contributed by atoms with Gasteiger partial charge in [-0.05, 0) is 62.1 Å². The van der Waals surface area contributed by atoms with Crippen LogP contribution in [0.15, 0.2) is 24.0 Å². The SMILES string of the molecule is COc1ccc2c3c1O[C@H]1C(OC(=O)C[C@H](OC(=O)C[C@H](O)C(=O)O)C(=O)O[C@@H](C)C(=O)O)=CC[C@@]4(O)[C@@H](C2)C(C)CC[C@]314. The zero-order chi connectivity index (χ0) is 32.1. The van der Waals surface area contributed by atoms with Crippen LogP contribution < -0.4 is 9.47 Å². The molecule has 1 aliphatic heterocycles. The molecular weight excluding hydrogens is 584 g/mol. The number of aliphatic hydroxyl groups excluding tert-OH is 1. The van der Waals surface area contributed by atoms with E-state index in [1.807, 2.05) is 6.07 Å². The standard InChI is InChI=1S/C30H34O14/c1-13-6-8-29-23-15-4-5-18(40-3)24(23)44-25(29)19(7-9-30(29,39)16(13)10-15)42-22(33)12-20(28(38)41-14(2)26(34)35)43-21(32)11-17(31)27(36)37/h4-5,7,13-14,16-17,20,25,31,39H,6,8-12H2,1-3H3,(H,34,35)(H,36,37)/t13?,14-,16-,17-,20-,25-,29-,30+/m0/s1. The molecule has 14 nitrogen and oxygen atoms in total. The summed E-state index contributed by atoms with van der Waals surface area (Å²) in [7, 11) is 1.50. The molecule has 1 aromatic carbocycles. The van der Waals surface area contributed by atoms with Gasteiger partial charge in [0.25, 0.3) is 0 Å². The van der Waals surface area contributed by atoms with Gasteiger partial charge in [-0.15, -0.1) is 0 Å². The van der Waals surface area contributed by atoms with Crippen molar-refractivity contribution in [3.05, 3.63) is 35.1 Å². The molecule has 0 radical (unpaired) electrons. The van der Waals surface area contributed by atoms with Crippen molar-refractivity contribution in [1.29, 1.82) is 0 Å². The van der Waals surface area contributed by atoms with Crippen LogP contribution in [0.25, 0.3) is 0 Å². The van der Waals surface area contributed by atoms with E-state index in [2.05, 4.69) is 6.92 Å². The number of aliphatic hydroxyl groups is 2. The van der Waals surface area contributed by atoms with Crippen LogP contribution in [-0.4, -0.2) is 87.4 Å². The molecule has 8 atom stereocenters. The Bertz CT molecular complexity index is 1430. The molecule has 44 heavy (non-hydrogen) atoms. The minimum absolute atomic E-state index is 0.0812. The number of methoxy groups -OCH3 is 1. The number of carbonyl (C=O) groups excluding carboxylic acids is 3. The molecule has 1 fully saturated rings. The zero-order valence-corrected chi connectivity index (χ0v) is 24.3. The van der Waals surface area contributed by atoms with E-state index >= 15 is 0 Å². The third-order valence-electron chi connectivity index (χ3n) is 9.34. The Morgan fingerprint density at radius 1 is 1.07 bits per heavy atom. The molecular formula is C30H34O14. The summed E-state index contributed by atoms with van der Waals surface area (Å²) in [6.45, 7) is 3.15. The van der Waals surface area contributed by atoms with Crippen molar-refractivity contribution in [1.82, 2.24) is 0 Å². The molecule has 4 N–H and O–H groups in total. The Balaban J connectivity index is 1.41. The first-order chi connectivity index (χ1) is 20.7. The lowest BCUT2D eigenvalue weighted by Crippen LogP contribution is -2.69. The number of aliphatic carboxylic acids is 2. The fourth-order valence-electron chi connectivity index (χ4n) is 7.21. The van der Waals surface area contributed by atoms with Gasteiger partial charge in [-0.3, -0.25) is 9.59 Å². The van der Waals surface area contributed by atoms with Gasteiger partial charge in [0.1, 0.15) is 5.76 Å². The van der Waals surface area contributed by atoms with E-state index in [0.717, 1.165) is 24.5 Å². The quantitative estimate of drug-likeness (QED) is 0.201. The van der Waals surface area contributed by atoms with Gasteiger partial charge in [-0.1, -0.05) is 13.0 Å². The lowest BCUT2D eigenvalue weighted by molar-refractivity contribution is -0.181. The molecule has 3 aliphatic carbocycles. The van der Waals surface area contributed by atoms with E-state index in [1.165, 1.54) is 7.11 Å². The third kappa shape index (κ3) is 4.95. The van der Waals surface area contributed by atoms with Crippen molar-refractivity contribution in [3.63, 3.8) is 0 Å². The molecule has 1 unspecified atom stereocenters. The highest BCUT2D eigenvalue weighted by atomic mass is 16.6. The van der Waals surface area contributed by atoms with Crippen LogP contribution in [0.5, 0.6) is 11.5 Å². The zero-order valence-electron chi connectivity index (χ0n) is 24.3. The van der Waals surface area contributed by atoms with E-state index in [9.17, 15) is 34.2 Å². The van der Waals surface area contributed by atoms with Crippen LogP contribution in [0.3, 0.4) is 0 Å². The molecule has 0 saturated heterocycles. The van der Waals surface area contributed by atoms with Crippen molar-refractivity contribution in [3.8, 4) is 11.5 Å². The molecule has 0 aromatic heterocycles. The summed E-state index contributed by atoms with van der Waals surface area (Å²) in [5, 5.41) is 39.8. The van der Waals surface area contributed by atoms with Gasteiger partial charge < -0.3 is 44.1 Å². The Morgan fingerprint density at radius 3 is 2.45 bits per heavy atom. The van der Waals surface area contributed by atoms with E-state index in [4.69, 9.17) is 33.9 Å². The minimum Gasteiger partial charge on any atom is -0.493 e. The normalized spacial score (nSPS) is 29.5. The summed E-state index contributed by atoms with van der Waals surface area (Å²) >= 11 is 0. The lowest BCUT2D eigenvalue weighted by Gasteiger charge is -2.61. The highest BCUT2D eigenvalue weighted by Gasteiger charge is 2.72. The van der Waals surface area contributed by atoms with Crippen LogP contribution in [0.2, 0.25) is 0 Å². The molecule has 1 spiro atoms. The fourth-order valence-corrected chi connectivity index (χ4v) is 7.21. The largest absolute Gasteiger partial charge is 0.493 e. The minimum atomic E-state index is -2.14. The molecule has 2 bridgehead atoms. The smallest absolute Gasteiger partial charge is 0.348 e. The maximum absolute atomic E-state index is 13.2. The highest BCUT2D eigenvalue weighted by Crippen LogP contribution is 2.68. The number of hydrogen-bond acceptors (Lipinski definition) is 12. The summed E-state index contributed by atoms with van der Waals surface area (Å²) in [4.78, 5) is 60.3. The van der Waals surface area contributed by atoms with Crippen molar-refractivity contribution >= 4 is 29.8 Å². The number of carbonyl (C=O) groups is 5. The van der Waals surface area contributed by atoms with Crippen LogP contribution in [0, 0.1) is 11.8 Å². The number of carboxylic acid groups (broad SMARTS) is 2. The number of carboxylic acids is 2. The van der Waals surface area contributed by atoms with Crippen molar-refractivity contribution in [2.45, 2.75) is 87.8 Å². The number of esters is 3. The van der Waals surface area contributed by atoms with E-state index in [-0.39, 0.29) is 24.0 Å². The first kappa shape index (κ1) is 31.3. The second-order valence-corrected chi connectivity index (χ2v) is 11.8. The van der Waals surface area contributed by atoms with Crippen molar-refractivity contribution in [2.75, 3.05) is 7.11 Å². The lowest BCUT2D eigenvalue weighted by atomic mass is 9.45. The molecule has 14 heteroatoms. The fraction of sp³-hybridized carbons (Fsp3) is 0.567. The molecule has 238 valence electrons. The van der Waals surface area contributed by atoms with E-state index in [0.29, 0.717) is 24.3 Å². The van der Waals surface area contributed by atoms with Gasteiger partial charge in [0.2, 0.25) is 6.10 Å². The van der Waals surface area contributed by atoms with Gasteiger partial charge >= 0.3 is 29.8 Å². The maximum Gasteiger partial charge on any atom is 0.348 e. The highest BCUT2D eigenvalue weighted by molar-refractivity contribution is 5.87. The van der Waals surface area contributed by atoms with Crippen LogP contribution in [0.4, 0.5) is 0 Å². The second-order valence-electron chi connectivity index (χ2n) is 11.8. The maximum atomic E-state index is 13.2. The Morgan fingerprint density at radius 2 is 1.80 bits per heavy atom. The monoisotopic (exact) mass is 618 g/mol. The summed E-state index contributed by atoms with van der Waals surface area (Å²) in [6.07, 6.45) is -5.01. The number of benzene rings is 1. The second kappa shape index (κ2) is 11.4. The number of ether oxygens (including phenoxy) is 5. The first-order valence-electron chi connectivity index (χ1n) is 14.3. The molecule has 1 aromatic rings. The summed E-state index contributed by atoms with van der Waals surface area (Å²) < 4.78 is 27.4. The van der Waals surface area contributed by atoms with Gasteiger partial charge in [-0.2, -0.15) is 0 Å². The predicted octanol–water partition coefficient (Wildman–Crippen LogP) is 1.01. The Labute approximate surface area is 251 Å². The van der Waals surface area contributed by atoms with E-state index < -0.39 is 78.1 Å². The van der Waals surface area contributed by atoms with Gasteiger partial charge in [0.05, 0.1) is 31.0 Å². The van der Waals surface area contributed by atoms with E-state index in [1.54, 1.807) is 12.1 Å². The molecule has 4 aliphatic rings. The molecule has 5 rings (SSSR count). The Hall–Kier alpha value is -4.17. The molecule has 1 heterocycles. The van der Waals surface area contributed by atoms with Gasteiger partial charge in [0.15, 0.2) is 29.8 Å². The van der Waals surface area contributed by atoms with Crippen molar-refractivity contribution < 1.29 is 68.1 Å². The Kier molecular flexibility index (Phi) is 8.10. The third-order valence-corrected chi connectivity index (χ3v) is 9.34.